The Morgan fingerprint density at radius 1 is 1.06 bits per heavy atom. The van der Waals surface area contributed by atoms with Crippen LogP contribution in [0.4, 0.5) is 17.8 Å². The molecule has 1 fully saturated rings. The predicted molar refractivity (Wildman–Crippen MR) is 136 cm³/mol. The fourth-order valence-electron chi connectivity index (χ4n) is 3.72. The van der Waals surface area contributed by atoms with Gasteiger partial charge >= 0.3 is 5.97 Å². The zero-order valence-corrected chi connectivity index (χ0v) is 20.7. The average molecular weight is 487 g/mol. The summed E-state index contributed by atoms with van der Waals surface area (Å²) in [5.41, 5.74) is 6.66. The van der Waals surface area contributed by atoms with Crippen LogP contribution in [-0.4, -0.2) is 102 Å². The number of pyridine rings is 1. The molecule has 1 aliphatic rings. The maximum absolute atomic E-state index is 12.3. The summed E-state index contributed by atoms with van der Waals surface area (Å²) in [6.07, 6.45) is 5.67. The van der Waals surface area contributed by atoms with Gasteiger partial charge < -0.3 is 31.3 Å². The summed E-state index contributed by atoms with van der Waals surface area (Å²) in [6.45, 7) is 6.94. The zero-order chi connectivity index (χ0) is 24.9. The van der Waals surface area contributed by atoms with Gasteiger partial charge in [0.05, 0.1) is 7.11 Å². The minimum Gasteiger partial charge on any atom is -0.467 e. The van der Waals surface area contributed by atoms with E-state index in [0.29, 0.717) is 43.9 Å². The van der Waals surface area contributed by atoms with Gasteiger partial charge in [0.1, 0.15) is 6.04 Å². The van der Waals surface area contributed by atoms with Gasteiger partial charge in [-0.15, -0.1) is 0 Å². The number of ether oxygens (including phenoxy) is 1. The SMILES string of the molecule is COC(=O)[C@H](CCCCN)Nc1nc(NCCN2CCN(C)CC2)nc(NCc2ccncc2)n1. The summed E-state index contributed by atoms with van der Waals surface area (Å²) in [5, 5.41) is 9.68. The molecule has 0 saturated carbocycles. The highest BCUT2D eigenvalue weighted by Crippen LogP contribution is 2.14. The van der Waals surface area contributed by atoms with E-state index in [1.165, 1.54) is 7.11 Å². The summed E-state index contributed by atoms with van der Waals surface area (Å²) in [6, 6.07) is 3.28. The van der Waals surface area contributed by atoms with Gasteiger partial charge in [0.25, 0.3) is 0 Å². The van der Waals surface area contributed by atoms with Crippen molar-refractivity contribution in [1.29, 1.82) is 0 Å². The topological polar surface area (TPSA) is 146 Å². The molecule has 3 rings (SSSR count). The lowest BCUT2D eigenvalue weighted by Gasteiger charge is -2.32. The number of likely N-dealkylation sites (N-methyl/N-ethyl adjacent to an activating group) is 1. The van der Waals surface area contributed by atoms with Crippen molar-refractivity contribution in [3.05, 3.63) is 30.1 Å². The molecule has 5 N–H and O–H groups in total. The Kier molecular flexibility index (Phi) is 10.9. The van der Waals surface area contributed by atoms with Crippen LogP contribution in [0.5, 0.6) is 0 Å². The second-order valence-electron chi connectivity index (χ2n) is 8.59. The number of carbonyl (C=O) groups excluding carboxylic acids is 1. The highest BCUT2D eigenvalue weighted by molar-refractivity contribution is 5.78. The molecule has 3 heterocycles. The number of piperazine rings is 1. The number of nitrogens with two attached hydrogens (primary N) is 1. The molecule has 0 unspecified atom stereocenters. The summed E-state index contributed by atoms with van der Waals surface area (Å²) < 4.78 is 4.97. The number of anilines is 3. The standard InChI is InChI=1S/C23H38N10O2/c1-32-13-15-33(16-14-32)12-11-26-21-29-22(27-17-18-6-9-25-10-7-18)31-23(30-21)28-19(20(34)35-2)5-3-4-8-24/h6-7,9-10,19H,3-5,8,11-17,24H2,1-2H3,(H3,26,27,28,29,30,31)/t19-/m0/s1. The molecule has 1 saturated heterocycles. The van der Waals surface area contributed by atoms with E-state index in [9.17, 15) is 4.79 Å². The molecule has 1 aliphatic heterocycles. The van der Waals surface area contributed by atoms with Crippen LogP contribution in [0.2, 0.25) is 0 Å². The third-order valence-corrected chi connectivity index (χ3v) is 5.88. The van der Waals surface area contributed by atoms with E-state index >= 15 is 0 Å². The van der Waals surface area contributed by atoms with Gasteiger partial charge in [-0.2, -0.15) is 15.0 Å². The van der Waals surface area contributed by atoms with Crippen molar-refractivity contribution in [3.63, 3.8) is 0 Å². The molecular weight excluding hydrogens is 448 g/mol. The predicted octanol–water partition coefficient (Wildman–Crippen LogP) is 0.621. The van der Waals surface area contributed by atoms with Crippen molar-refractivity contribution < 1.29 is 9.53 Å². The molecule has 192 valence electrons. The number of rotatable bonds is 14. The Morgan fingerprint density at radius 2 is 1.74 bits per heavy atom. The molecule has 2 aromatic heterocycles. The van der Waals surface area contributed by atoms with Crippen LogP contribution in [0.25, 0.3) is 0 Å². The van der Waals surface area contributed by atoms with Crippen LogP contribution in [0.15, 0.2) is 24.5 Å². The highest BCUT2D eigenvalue weighted by Gasteiger charge is 2.21. The number of esters is 1. The van der Waals surface area contributed by atoms with Crippen molar-refractivity contribution in [2.24, 2.45) is 5.73 Å². The lowest BCUT2D eigenvalue weighted by molar-refractivity contribution is -0.141. The summed E-state index contributed by atoms with van der Waals surface area (Å²) in [4.78, 5) is 34.7. The van der Waals surface area contributed by atoms with Gasteiger partial charge in [0, 0.05) is 58.2 Å². The van der Waals surface area contributed by atoms with Crippen molar-refractivity contribution in [2.75, 3.05) is 75.9 Å². The van der Waals surface area contributed by atoms with Crippen LogP contribution in [0.1, 0.15) is 24.8 Å². The molecular formula is C23H38N10O2. The van der Waals surface area contributed by atoms with Gasteiger partial charge in [0.15, 0.2) is 0 Å². The van der Waals surface area contributed by atoms with Crippen molar-refractivity contribution in [1.82, 2.24) is 29.7 Å². The summed E-state index contributed by atoms with van der Waals surface area (Å²) >= 11 is 0. The molecule has 12 heteroatoms. The number of methoxy groups -OCH3 is 1. The van der Waals surface area contributed by atoms with E-state index in [1.807, 2.05) is 12.1 Å². The third kappa shape index (κ3) is 9.23. The fraction of sp³-hybridized carbons (Fsp3) is 0.609. The Hall–Kier alpha value is -3.09. The lowest BCUT2D eigenvalue weighted by Crippen LogP contribution is -2.45. The first-order valence-corrected chi connectivity index (χ1v) is 12.2. The van der Waals surface area contributed by atoms with Crippen LogP contribution < -0.4 is 21.7 Å². The molecule has 0 bridgehead atoms. The molecule has 0 amide bonds. The normalized spacial score (nSPS) is 15.4. The van der Waals surface area contributed by atoms with Gasteiger partial charge in [-0.05, 0) is 50.6 Å². The Bertz CT molecular complexity index is 893. The number of hydrogen-bond acceptors (Lipinski definition) is 12. The average Bonchev–Trinajstić information content (AvgIpc) is 2.88. The molecule has 0 aromatic carbocycles. The van der Waals surface area contributed by atoms with E-state index in [4.69, 9.17) is 10.5 Å². The van der Waals surface area contributed by atoms with Gasteiger partial charge in [0.2, 0.25) is 17.8 Å². The molecule has 1 atom stereocenters. The second kappa shape index (κ2) is 14.3. The maximum Gasteiger partial charge on any atom is 0.328 e. The van der Waals surface area contributed by atoms with Crippen molar-refractivity contribution in [2.45, 2.75) is 31.8 Å². The Morgan fingerprint density at radius 3 is 2.43 bits per heavy atom. The fourth-order valence-corrected chi connectivity index (χ4v) is 3.72. The van der Waals surface area contributed by atoms with E-state index in [1.54, 1.807) is 12.4 Å². The van der Waals surface area contributed by atoms with Gasteiger partial charge in [-0.1, -0.05) is 0 Å². The molecule has 2 aromatic rings. The van der Waals surface area contributed by atoms with E-state index < -0.39 is 6.04 Å². The first kappa shape index (κ1) is 26.5. The minimum atomic E-state index is -0.569. The summed E-state index contributed by atoms with van der Waals surface area (Å²) in [5.74, 6) is 0.798. The second-order valence-corrected chi connectivity index (χ2v) is 8.59. The van der Waals surface area contributed by atoms with Crippen molar-refractivity contribution >= 4 is 23.8 Å². The van der Waals surface area contributed by atoms with Gasteiger partial charge in [-0.25, -0.2) is 4.79 Å². The largest absolute Gasteiger partial charge is 0.467 e. The number of nitrogens with zero attached hydrogens (tertiary/aromatic N) is 6. The Labute approximate surface area is 207 Å². The van der Waals surface area contributed by atoms with Crippen LogP contribution in [0, 0.1) is 0 Å². The lowest BCUT2D eigenvalue weighted by atomic mass is 10.1. The van der Waals surface area contributed by atoms with E-state index in [-0.39, 0.29) is 5.97 Å². The zero-order valence-electron chi connectivity index (χ0n) is 20.7. The first-order valence-electron chi connectivity index (χ1n) is 12.2. The molecule has 0 aliphatic carbocycles. The monoisotopic (exact) mass is 486 g/mol. The minimum absolute atomic E-state index is 0.308. The molecule has 35 heavy (non-hydrogen) atoms. The van der Waals surface area contributed by atoms with Gasteiger partial charge in [-0.3, -0.25) is 9.88 Å². The van der Waals surface area contributed by atoms with Crippen LogP contribution in [0.3, 0.4) is 0 Å². The highest BCUT2D eigenvalue weighted by atomic mass is 16.5. The van der Waals surface area contributed by atoms with Crippen molar-refractivity contribution in [3.8, 4) is 0 Å². The van der Waals surface area contributed by atoms with E-state index in [2.05, 4.69) is 52.7 Å². The maximum atomic E-state index is 12.3. The number of hydrogen-bond donors (Lipinski definition) is 4. The van der Waals surface area contributed by atoms with Crippen LogP contribution in [-0.2, 0) is 16.1 Å². The molecule has 0 radical (unpaired) electrons. The molecule has 0 spiro atoms. The molecule has 12 nitrogen and oxygen atoms in total. The number of carbonyl (C=O) groups is 1. The number of aromatic nitrogens is 4. The smallest absolute Gasteiger partial charge is 0.328 e. The summed E-state index contributed by atoms with van der Waals surface area (Å²) in [7, 11) is 3.52. The number of nitrogens with one attached hydrogen (secondary N) is 3. The first-order chi connectivity index (χ1) is 17.1. The number of unbranched alkanes of at least 4 members (excludes halogenated alkanes) is 1. The van der Waals surface area contributed by atoms with E-state index in [0.717, 1.165) is 51.1 Å². The Balaban J connectivity index is 1.68. The quantitative estimate of drug-likeness (QED) is 0.219. The third-order valence-electron chi connectivity index (χ3n) is 5.88. The van der Waals surface area contributed by atoms with Crippen LogP contribution >= 0.6 is 0 Å².